The van der Waals surface area contributed by atoms with Crippen LogP contribution in [0.1, 0.15) is 63.0 Å². The van der Waals surface area contributed by atoms with E-state index < -0.39 is 35.8 Å². The average Bonchev–Trinajstić information content (AvgIpc) is 2.81. The Kier molecular flexibility index (Phi) is 9.00. The SMILES string of the molecule is CCCCOc1ccc(C2CCC(C(=O)Oc3ccc(OCC)cc3)OC2)c(F)c1C(F)F. The fourth-order valence-electron chi connectivity index (χ4n) is 3.70. The van der Waals surface area contributed by atoms with Gasteiger partial charge in [0.05, 0.1) is 25.4 Å². The van der Waals surface area contributed by atoms with Gasteiger partial charge >= 0.3 is 5.97 Å². The number of hydrogen-bond donors (Lipinski definition) is 0. The van der Waals surface area contributed by atoms with E-state index in [2.05, 4.69) is 0 Å². The number of hydrogen-bond acceptors (Lipinski definition) is 5. The highest BCUT2D eigenvalue weighted by molar-refractivity contribution is 5.77. The lowest BCUT2D eigenvalue weighted by atomic mass is 9.89. The summed E-state index contributed by atoms with van der Waals surface area (Å²) < 4.78 is 63.8. The Morgan fingerprint density at radius 3 is 2.39 bits per heavy atom. The molecule has 1 fully saturated rings. The van der Waals surface area contributed by atoms with Crippen molar-refractivity contribution in [2.75, 3.05) is 19.8 Å². The summed E-state index contributed by atoms with van der Waals surface area (Å²) in [5.74, 6) is -1.06. The summed E-state index contributed by atoms with van der Waals surface area (Å²) in [5.41, 5.74) is -0.577. The van der Waals surface area contributed by atoms with Crippen molar-refractivity contribution in [3.8, 4) is 17.2 Å². The molecule has 2 atom stereocenters. The molecule has 0 N–H and O–H groups in total. The van der Waals surface area contributed by atoms with Crippen LogP contribution >= 0.6 is 0 Å². The molecule has 0 spiro atoms. The van der Waals surface area contributed by atoms with Gasteiger partial charge < -0.3 is 18.9 Å². The number of carbonyl (C=O) groups is 1. The van der Waals surface area contributed by atoms with Crippen LogP contribution in [-0.2, 0) is 9.53 Å². The van der Waals surface area contributed by atoms with E-state index in [1.165, 1.54) is 12.1 Å². The van der Waals surface area contributed by atoms with Gasteiger partial charge in [0, 0.05) is 5.92 Å². The molecular formula is C25H29F3O5. The molecule has 180 valence electrons. The van der Waals surface area contributed by atoms with Crippen molar-refractivity contribution in [2.24, 2.45) is 0 Å². The van der Waals surface area contributed by atoms with Gasteiger partial charge in [0.25, 0.3) is 6.43 Å². The maximum atomic E-state index is 15.0. The number of alkyl halides is 2. The Hall–Kier alpha value is -2.74. The third kappa shape index (κ3) is 6.41. The minimum Gasteiger partial charge on any atom is -0.494 e. The monoisotopic (exact) mass is 466 g/mol. The second-order valence-electron chi connectivity index (χ2n) is 7.81. The molecule has 5 nitrogen and oxygen atoms in total. The fraction of sp³-hybridized carbons (Fsp3) is 0.480. The predicted molar refractivity (Wildman–Crippen MR) is 117 cm³/mol. The molecule has 1 aliphatic heterocycles. The highest BCUT2D eigenvalue weighted by Crippen LogP contribution is 2.38. The third-order valence-electron chi connectivity index (χ3n) is 5.48. The number of carbonyl (C=O) groups excluding carboxylic acids is 1. The largest absolute Gasteiger partial charge is 0.494 e. The molecule has 1 aliphatic rings. The first-order chi connectivity index (χ1) is 15.9. The summed E-state index contributed by atoms with van der Waals surface area (Å²) in [6, 6.07) is 9.50. The highest BCUT2D eigenvalue weighted by atomic mass is 19.3. The lowest BCUT2D eigenvalue weighted by molar-refractivity contribution is -0.150. The second kappa shape index (κ2) is 11.9. The number of halogens is 3. The smallest absolute Gasteiger partial charge is 0.340 e. The highest BCUT2D eigenvalue weighted by Gasteiger charge is 2.32. The molecule has 8 heteroatoms. The number of esters is 1. The van der Waals surface area contributed by atoms with Crippen LogP contribution in [0, 0.1) is 5.82 Å². The van der Waals surface area contributed by atoms with E-state index in [9.17, 15) is 18.0 Å². The van der Waals surface area contributed by atoms with Crippen molar-refractivity contribution in [1.82, 2.24) is 0 Å². The van der Waals surface area contributed by atoms with Crippen LogP contribution in [0.15, 0.2) is 36.4 Å². The minimum absolute atomic E-state index is 0.0265. The zero-order valence-corrected chi connectivity index (χ0v) is 18.8. The van der Waals surface area contributed by atoms with Crippen LogP contribution in [0.4, 0.5) is 13.2 Å². The molecule has 2 unspecified atom stereocenters. The number of rotatable bonds is 10. The Balaban J connectivity index is 1.61. The van der Waals surface area contributed by atoms with Crippen LogP contribution in [0.25, 0.3) is 0 Å². The van der Waals surface area contributed by atoms with Gasteiger partial charge in [0.2, 0.25) is 0 Å². The predicted octanol–water partition coefficient (Wildman–Crippen LogP) is 6.21. The Labute approximate surface area is 191 Å². The molecule has 0 bridgehead atoms. The van der Waals surface area contributed by atoms with Crippen molar-refractivity contribution < 1.29 is 36.9 Å². The van der Waals surface area contributed by atoms with Gasteiger partial charge in [-0.2, -0.15) is 0 Å². The van der Waals surface area contributed by atoms with Crippen molar-refractivity contribution in [1.29, 1.82) is 0 Å². The van der Waals surface area contributed by atoms with E-state index in [1.807, 2.05) is 13.8 Å². The summed E-state index contributed by atoms with van der Waals surface area (Å²) in [7, 11) is 0. The molecule has 0 aliphatic carbocycles. The van der Waals surface area contributed by atoms with E-state index in [1.54, 1.807) is 24.3 Å². The average molecular weight is 466 g/mol. The first kappa shape index (κ1) is 24.9. The van der Waals surface area contributed by atoms with Gasteiger partial charge in [-0.25, -0.2) is 18.0 Å². The molecule has 0 saturated carbocycles. The normalized spacial score (nSPS) is 18.2. The van der Waals surface area contributed by atoms with Crippen LogP contribution in [0.5, 0.6) is 17.2 Å². The third-order valence-corrected chi connectivity index (χ3v) is 5.48. The van der Waals surface area contributed by atoms with E-state index in [-0.39, 0.29) is 24.5 Å². The fourth-order valence-corrected chi connectivity index (χ4v) is 3.70. The van der Waals surface area contributed by atoms with Gasteiger partial charge in [0.15, 0.2) is 6.10 Å². The zero-order valence-electron chi connectivity index (χ0n) is 18.8. The van der Waals surface area contributed by atoms with Crippen molar-refractivity contribution in [2.45, 2.75) is 58.0 Å². The summed E-state index contributed by atoms with van der Waals surface area (Å²) in [6.07, 6.45) is -1.58. The van der Waals surface area contributed by atoms with Gasteiger partial charge in [-0.1, -0.05) is 19.4 Å². The Morgan fingerprint density at radius 1 is 1.06 bits per heavy atom. The minimum atomic E-state index is -3.00. The van der Waals surface area contributed by atoms with Crippen LogP contribution in [0.2, 0.25) is 0 Å². The lowest BCUT2D eigenvalue weighted by Gasteiger charge is -2.29. The van der Waals surface area contributed by atoms with Crippen LogP contribution in [0.3, 0.4) is 0 Å². The number of unbranched alkanes of at least 4 members (excludes halogenated alkanes) is 1. The molecule has 0 aromatic heterocycles. The number of ether oxygens (including phenoxy) is 4. The molecule has 0 radical (unpaired) electrons. The molecule has 2 aromatic rings. The Morgan fingerprint density at radius 2 is 1.79 bits per heavy atom. The first-order valence-corrected chi connectivity index (χ1v) is 11.2. The van der Waals surface area contributed by atoms with Gasteiger partial charge in [-0.15, -0.1) is 0 Å². The van der Waals surface area contributed by atoms with Crippen LogP contribution < -0.4 is 14.2 Å². The molecule has 33 heavy (non-hydrogen) atoms. The van der Waals surface area contributed by atoms with E-state index >= 15 is 0 Å². The van der Waals surface area contributed by atoms with E-state index in [4.69, 9.17) is 18.9 Å². The molecular weight excluding hydrogens is 437 g/mol. The van der Waals surface area contributed by atoms with Gasteiger partial charge in [0.1, 0.15) is 23.1 Å². The maximum Gasteiger partial charge on any atom is 0.340 e. The summed E-state index contributed by atoms with van der Waals surface area (Å²) in [4.78, 5) is 12.4. The van der Waals surface area contributed by atoms with Crippen LogP contribution in [-0.4, -0.2) is 31.9 Å². The van der Waals surface area contributed by atoms with Gasteiger partial charge in [-0.3, -0.25) is 0 Å². The quantitative estimate of drug-likeness (QED) is 0.237. The summed E-state index contributed by atoms with van der Waals surface area (Å²) >= 11 is 0. The molecule has 1 heterocycles. The second-order valence-corrected chi connectivity index (χ2v) is 7.81. The first-order valence-electron chi connectivity index (χ1n) is 11.2. The van der Waals surface area contributed by atoms with Gasteiger partial charge in [-0.05, 0) is 62.1 Å². The number of benzene rings is 2. The van der Waals surface area contributed by atoms with Crippen molar-refractivity contribution >= 4 is 5.97 Å². The standard InChI is InChI=1S/C25H29F3O5/c1-3-5-14-31-20-13-11-19(23(26)22(20)24(27)28)16-6-12-21(32-15-16)25(29)33-18-9-7-17(8-10-18)30-4-2/h7-11,13,16,21,24H,3-6,12,14-15H2,1-2H3. The molecule has 1 saturated heterocycles. The summed E-state index contributed by atoms with van der Waals surface area (Å²) in [6.45, 7) is 4.63. The van der Waals surface area contributed by atoms with Crippen molar-refractivity contribution in [3.63, 3.8) is 0 Å². The topological polar surface area (TPSA) is 54.0 Å². The zero-order chi connectivity index (χ0) is 23.8. The molecule has 3 rings (SSSR count). The lowest BCUT2D eigenvalue weighted by Crippen LogP contribution is -2.34. The van der Waals surface area contributed by atoms with E-state index in [0.29, 0.717) is 37.4 Å². The van der Waals surface area contributed by atoms with E-state index in [0.717, 1.165) is 6.42 Å². The maximum absolute atomic E-state index is 15.0. The Bertz CT molecular complexity index is 909. The molecule has 0 amide bonds. The summed E-state index contributed by atoms with van der Waals surface area (Å²) in [5, 5.41) is 0. The van der Waals surface area contributed by atoms with Crippen molar-refractivity contribution in [3.05, 3.63) is 53.3 Å². The molecule has 2 aromatic carbocycles.